The van der Waals surface area contributed by atoms with Gasteiger partial charge in [0, 0.05) is 14.8 Å². The van der Waals surface area contributed by atoms with Gasteiger partial charge < -0.3 is 0 Å². The Bertz CT molecular complexity index is 177. The molecule has 1 aliphatic carbocycles. The topological polar surface area (TPSA) is 9.23 Å². The predicted molar refractivity (Wildman–Crippen MR) is 53.5 cm³/mol. The Morgan fingerprint density at radius 3 is 2.73 bits per heavy atom. The summed E-state index contributed by atoms with van der Waals surface area (Å²) in [5.74, 6) is 0. The molecule has 64 valence electrons. The SMILES string of the molecule is CC1=CC(OSBr)CC1(C)C. The molecule has 0 aromatic carbocycles. The van der Waals surface area contributed by atoms with Crippen LogP contribution in [0.4, 0.5) is 0 Å². The van der Waals surface area contributed by atoms with Gasteiger partial charge in [0.2, 0.25) is 0 Å². The van der Waals surface area contributed by atoms with Crippen molar-refractivity contribution in [1.29, 1.82) is 0 Å². The van der Waals surface area contributed by atoms with Crippen molar-refractivity contribution in [3.8, 4) is 0 Å². The van der Waals surface area contributed by atoms with Crippen LogP contribution in [0.1, 0.15) is 27.2 Å². The molecule has 0 fully saturated rings. The van der Waals surface area contributed by atoms with Crippen molar-refractivity contribution in [1.82, 2.24) is 0 Å². The number of halogens is 1. The van der Waals surface area contributed by atoms with Crippen molar-refractivity contribution < 1.29 is 4.18 Å². The highest BCUT2D eigenvalue weighted by Crippen LogP contribution is 2.40. The normalized spacial score (nSPS) is 28.7. The minimum atomic E-state index is 0.286. The van der Waals surface area contributed by atoms with Crippen molar-refractivity contribution in [2.45, 2.75) is 33.3 Å². The van der Waals surface area contributed by atoms with Gasteiger partial charge in [0.25, 0.3) is 0 Å². The fourth-order valence-electron chi connectivity index (χ4n) is 1.34. The van der Waals surface area contributed by atoms with Gasteiger partial charge in [0.05, 0.1) is 16.6 Å². The van der Waals surface area contributed by atoms with Crippen LogP contribution < -0.4 is 0 Å². The number of allylic oxidation sites excluding steroid dienone is 1. The smallest absolute Gasteiger partial charge is 0.0924 e. The third-order valence-corrected chi connectivity index (χ3v) is 3.15. The first kappa shape index (κ1) is 9.62. The molecule has 0 aliphatic heterocycles. The van der Waals surface area contributed by atoms with Crippen molar-refractivity contribution in [3.63, 3.8) is 0 Å². The molecule has 0 N–H and O–H groups in total. The Hall–Kier alpha value is 0.530. The summed E-state index contributed by atoms with van der Waals surface area (Å²) in [6.07, 6.45) is 3.58. The summed E-state index contributed by atoms with van der Waals surface area (Å²) in [7, 11) is 1.27. The second-order valence-electron chi connectivity index (χ2n) is 3.64. The summed E-state index contributed by atoms with van der Waals surface area (Å²) in [5.41, 5.74) is 1.76. The first-order valence-corrected chi connectivity index (χ1v) is 6.27. The fourth-order valence-corrected chi connectivity index (χ4v) is 2.14. The van der Waals surface area contributed by atoms with Crippen LogP contribution >= 0.6 is 25.3 Å². The van der Waals surface area contributed by atoms with Crippen LogP contribution in [0.15, 0.2) is 11.6 Å². The van der Waals surface area contributed by atoms with Crippen LogP contribution in [0.5, 0.6) is 0 Å². The van der Waals surface area contributed by atoms with Gasteiger partial charge in [-0.25, -0.2) is 0 Å². The Kier molecular flexibility index (Phi) is 3.06. The summed E-state index contributed by atoms with van der Waals surface area (Å²) in [5, 5.41) is 0. The Balaban J connectivity index is 2.56. The highest BCUT2D eigenvalue weighted by atomic mass is 79.9. The van der Waals surface area contributed by atoms with E-state index in [1.54, 1.807) is 0 Å². The number of rotatable bonds is 2. The Labute approximate surface area is 80.0 Å². The zero-order valence-corrected chi connectivity index (χ0v) is 9.46. The van der Waals surface area contributed by atoms with Crippen LogP contribution in [-0.4, -0.2) is 6.10 Å². The van der Waals surface area contributed by atoms with Crippen molar-refractivity contribution in [2.24, 2.45) is 5.41 Å². The quantitative estimate of drug-likeness (QED) is 0.535. The van der Waals surface area contributed by atoms with Gasteiger partial charge in [-0.2, -0.15) is 0 Å². The van der Waals surface area contributed by atoms with Crippen LogP contribution in [0.3, 0.4) is 0 Å². The summed E-state index contributed by atoms with van der Waals surface area (Å²) in [6, 6.07) is 0. The van der Waals surface area contributed by atoms with E-state index in [9.17, 15) is 0 Å². The molecule has 1 atom stereocenters. The maximum absolute atomic E-state index is 5.37. The van der Waals surface area contributed by atoms with E-state index in [-0.39, 0.29) is 6.10 Å². The van der Waals surface area contributed by atoms with Gasteiger partial charge in [-0.15, -0.1) is 0 Å². The van der Waals surface area contributed by atoms with E-state index in [1.807, 2.05) is 0 Å². The number of hydrogen-bond acceptors (Lipinski definition) is 2. The second kappa shape index (κ2) is 3.50. The van der Waals surface area contributed by atoms with E-state index >= 15 is 0 Å². The largest absolute Gasteiger partial charge is 0.297 e. The van der Waals surface area contributed by atoms with Crippen LogP contribution in [0.25, 0.3) is 0 Å². The zero-order chi connectivity index (χ0) is 8.48. The van der Waals surface area contributed by atoms with Gasteiger partial charge in [-0.05, 0) is 18.8 Å². The first-order valence-electron chi connectivity index (χ1n) is 3.69. The van der Waals surface area contributed by atoms with E-state index < -0.39 is 0 Å². The van der Waals surface area contributed by atoms with E-state index in [0.717, 1.165) is 6.42 Å². The maximum atomic E-state index is 5.37. The molecule has 0 radical (unpaired) electrons. The van der Waals surface area contributed by atoms with Gasteiger partial charge >= 0.3 is 0 Å². The average Bonchev–Trinajstić information content (AvgIpc) is 2.08. The van der Waals surface area contributed by atoms with Crippen molar-refractivity contribution >= 4 is 25.3 Å². The minimum absolute atomic E-state index is 0.286. The van der Waals surface area contributed by atoms with Crippen LogP contribution in [-0.2, 0) is 4.18 Å². The molecule has 1 unspecified atom stereocenters. The van der Waals surface area contributed by atoms with E-state index in [2.05, 4.69) is 41.7 Å². The van der Waals surface area contributed by atoms with E-state index in [4.69, 9.17) is 4.18 Å². The molecular weight excluding hydrogens is 224 g/mol. The molecule has 0 saturated heterocycles. The Morgan fingerprint density at radius 2 is 2.36 bits per heavy atom. The molecule has 0 aromatic rings. The molecule has 1 nitrogen and oxygen atoms in total. The summed E-state index contributed by atoms with van der Waals surface area (Å²) >= 11 is 3.18. The monoisotopic (exact) mass is 236 g/mol. The molecule has 0 bridgehead atoms. The lowest BCUT2D eigenvalue weighted by Gasteiger charge is -2.20. The summed E-state index contributed by atoms with van der Waals surface area (Å²) in [6.45, 7) is 6.67. The molecule has 3 heteroatoms. The molecule has 11 heavy (non-hydrogen) atoms. The summed E-state index contributed by atoms with van der Waals surface area (Å²) in [4.78, 5) is 0. The third kappa shape index (κ3) is 2.23. The third-order valence-electron chi connectivity index (χ3n) is 2.37. The van der Waals surface area contributed by atoms with E-state index in [0.29, 0.717) is 5.41 Å². The first-order chi connectivity index (χ1) is 5.06. The standard InChI is InChI=1S/C8H13BrOS/c1-6-4-7(10-11-9)5-8(6,2)3/h4,7H,5H2,1-3H3. The van der Waals surface area contributed by atoms with E-state index in [1.165, 1.54) is 16.0 Å². The average molecular weight is 237 g/mol. The lowest BCUT2D eigenvalue weighted by Crippen LogP contribution is -2.12. The molecule has 0 aromatic heterocycles. The second-order valence-corrected chi connectivity index (χ2v) is 4.75. The van der Waals surface area contributed by atoms with Crippen molar-refractivity contribution in [3.05, 3.63) is 11.6 Å². The highest BCUT2D eigenvalue weighted by Gasteiger charge is 2.31. The Morgan fingerprint density at radius 1 is 1.73 bits per heavy atom. The van der Waals surface area contributed by atoms with Gasteiger partial charge in [0.15, 0.2) is 0 Å². The zero-order valence-electron chi connectivity index (χ0n) is 7.06. The lowest BCUT2D eigenvalue weighted by atomic mass is 9.87. The molecule has 0 heterocycles. The molecule has 1 aliphatic rings. The summed E-state index contributed by atoms with van der Waals surface area (Å²) < 4.78 is 5.37. The lowest BCUT2D eigenvalue weighted by molar-refractivity contribution is 0.251. The minimum Gasteiger partial charge on any atom is -0.297 e. The molecule has 0 amide bonds. The number of hydrogen-bond donors (Lipinski definition) is 0. The van der Waals surface area contributed by atoms with Gasteiger partial charge in [-0.3, -0.25) is 4.18 Å². The maximum Gasteiger partial charge on any atom is 0.0924 e. The molecule has 0 spiro atoms. The van der Waals surface area contributed by atoms with Gasteiger partial charge in [0.1, 0.15) is 0 Å². The van der Waals surface area contributed by atoms with Crippen LogP contribution in [0.2, 0.25) is 0 Å². The predicted octanol–water partition coefficient (Wildman–Crippen LogP) is 3.71. The van der Waals surface area contributed by atoms with Gasteiger partial charge in [-0.1, -0.05) is 25.5 Å². The van der Waals surface area contributed by atoms with Crippen LogP contribution in [0, 0.1) is 5.41 Å². The molecule has 0 saturated carbocycles. The molecule has 1 rings (SSSR count). The fraction of sp³-hybridized carbons (Fsp3) is 0.750. The highest BCUT2D eigenvalue weighted by molar-refractivity contribution is 9.49. The molecular formula is C8H13BrOS. The van der Waals surface area contributed by atoms with Crippen molar-refractivity contribution in [2.75, 3.05) is 0 Å².